The Morgan fingerprint density at radius 2 is 1.91 bits per heavy atom. The maximum absolute atomic E-state index is 13.7. The predicted octanol–water partition coefficient (Wildman–Crippen LogP) is 4.35. The van der Waals surface area contributed by atoms with Crippen LogP contribution in [-0.2, 0) is 22.4 Å². The second-order valence-corrected chi connectivity index (χ2v) is 7.40. The van der Waals surface area contributed by atoms with Crippen molar-refractivity contribution in [2.75, 3.05) is 13.7 Å². The highest BCUT2D eigenvalue weighted by Crippen LogP contribution is 2.31. The van der Waals surface area contributed by atoms with Crippen LogP contribution < -0.4 is 10.1 Å². The quantitative estimate of drug-likeness (QED) is 0.458. The summed E-state index contributed by atoms with van der Waals surface area (Å²) in [5.74, 6) is -0.0890. The molecule has 7 nitrogen and oxygen atoms in total. The highest BCUT2D eigenvalue weighted by Gasteiger charge is 2.21. The predicted molar refractivity (Wildman–Crippen MR) is 120 cm³/mol. The summed E-state index contributed by atoms with van der Waals surface area (Å²) in [5, 5.41) is 2.84. The highest BCUT2D eigenvalue weighted by molar-refractivity contribution is 5.91. The minimum Gasteiger partial charge on any atom is -0.496 e. The third-order valence-electron chi connectivity index (χ3n) is 5.04. The molecule has 1 heterocycles. The summed E-state index contributed by atoms with van der Waals surface area (Å²) >= 11 is 0. The number of nitrogens with one attached hydrogen (secondary N) is 1. The molecule has 0 spiro atoms. The van der Waals surface area contributed by atoms with E-state index in [0.717, 1.165) is 11.1 Å². The summed E-state index contributed by atoms with van der Waals surface area (Å²) in [6, 6.07) is 11.3. The van der Waals surface area contributed by atoms with Gasteiger partial charge < -0.3 is 19.2 Å². The van der Waals surface area contributed by atoms with Crippen LogP contribution in [-0.4, -0.2) is 36.6 Å². The number of hydrogen-bond donors (Lipinski definition) is 1. The van der Waals surface area contributed by atoms with Gasteiger partial charge in [0.1, 0.15) is 11.6 Å². The van der Waals surface area contributed by atoms with Crippen molar-refractivity contribution in [1.29, 1.82) is 0 Å². The fourth-order valence-electron chi connectivity index (χ4n) is 3.44. The van der Waals surface area contributed by atoms with Crippen molar-refractivity contribution in [2.24, 2.45) is 0 Å². The first-order valence-electron chi connectivity index (χ1n) is 10.8. The number of hydrogen-bond acceptors (Lipinski definition) is 6. The lowest BCUT2D eigenvalue weighted by Crippen LogP contribution is -2.38. The molecule has 0 fully saturated rings. The molecule has 33 heavy (non-hydrogen) atoms. The Kier molecular flexibility index (Phi) is 8.18. The SMILES string of the molecule is CCOC(=O)C[C@@H](Cc1ccc(-c2cc(F)ccc2OC)cc1)NC(=O)c1cnc(CC)o1. The van der Waals surface area contributed by atoms with Crippen LogP contribution >= 0.6 is 0 Å². The van der Waals surface area contributed by atoms with E-state index < -0.39 is 17.9 Å². The number of carbonyl (C=O) groups is 2. The molecule has 0 aliphatic heterocycles. The summed E-state index contributed by atoms with van der Waals surface area (Å²) in [7, 11) is 1.53. The summed E-state index contributed by atoms with van der Waals surface area (Å²) in [5.41, 5.74) is 2.31. The number of esters is 1. The fourth-order valence-corrected chi connectivity index (χ4v) is 3.44. The monoisotopic (exact) mass is 454 g/mol. The van der Waals surface area contributed by atoms with Gasteiger partial charge in [-0.2, -0.15) is 0 Å². The third kappa shape index (κ3) is 6.41. The number of ether oxygens (including phenoxy) is 2. The van der Waals surface area contributed by atoms with E-state index in [0.29, 0.717) is 30.0 Å². The highest BCUT2D eigenvalue weighted by atomic mass is 19.1. The van der Waals surface area contributed by atoms with Crippen LogP contribution in [0.5, 0.6) is 5.75 Å². The van der Waals surface area contributed by atoms with Gasteiger partial charge in [0, 0.05) is 18.0 Å². The van der Waals surface area contributed by atoms with Gasteiger partial charge in [-0.15, -0.1) is 0 Å². The van der Waals surface area contributed by atoms with E-state index in [1.54, 1.807) is 13.0 Å². The van der Waals surface area contributed by atoms with Crippen LogP contribution in [0.4, 0.5) is 4.39 Å². The molecule has 0 saturated heterocycles. The second kappa shape index (κ2) is 11.3. The fraction of sp³-hybridized carbons (Fsp3) is 0.320. The van der Waals surface area contributed by atoms with Gasteiger partial charge in [-0.1, -0.05) is 31.2 Å². The number of rotatable bonds is 10. The molecule has 3 rings (SSSR count). The lowest BCUT2D eigenvalue weighted by atomic mass is 9.98. The molecule has 1 atom stereocenters. The molecule has 1 amide bonds. The molecular formula is C25H27FN2O5. The molecule has 1 N–H and O–H groups in total. The summed E-state index contributed by atoms with van der Waals surface area (Å²) in [6.07, 6.45) is 2.34. The number of benzene rings is 2. The maximum atomic E-state index is 13.7. The van der Waals surface area contributed by atoms with Crippen LogP contribution in [0.15, 0.2) is 53.1 Å². The number of aromatic nitrogens is 1. The molecule has 8 heteroatoms. The first-order valence-corrected chi connectivity index (χ1v) is 10.8. The zero-order valence-corrected chi connectivity index (χ0v) is 18.9. The number of halogens is 1. The van der Waals surface area contributed by atoms with Gasteiger partial charge in [-0.3, -0.25) is 9.59 Å². The number of aryl methyl sites for hydroxylation is 1. The summed E-state index contributed by atoms with van der Waals surface area (Å²) in [4.78, 5) is 28.7. The van der Waals surface area contributed by atoms with Gasteiger partial charge in [0.2, 0.25) is 5.76 Å². The lowest BCUT2D eigenvalue weighted by Gasteiger charge is -2.18. The van der Waals surface area contributed by atoms with E-state index in [2.05, 4.69) is 10.3 Å². The Labute approximate surface area is 191 Å². The van der Waals surface area contributed by atoms with E-state index in [1.165, 1.54) is 25.4 Å². The van der Waals surface area contributed by atoms with Gasteiger partial charge in [0.05, 0.1) is 26.3 Å². The van der Waals surface area contributed by atoms with E-state index in [-0.39, 0.29) is 24.6 Å². The van der Waals surface area contributed by atoms with Crippen molar-refractivity contribution in [3.05, 3.63) is 71.7 Å². The smallest absolute Gasteiger partial charge is 0.307 e. The van der Waals surface area contributed by atoms with Crippen LogP contribution in [0, 0.1) is 5.82 Å². The van der Waals surface area contributed by atoms with Crippen molar-refractivity contribution in [3.8, 4) is 16.9 Å². The average Bonchev–Trinajstić information content (AvgIpc) is 3.29. The Balaban J connectivity index is 1.76. The molecule has 2 aromatic carbocycles. The molecule has 0 bridgehead atoms. The molecule has 0 unspecified atom stereocenters. The maximum Gasteiger partial charge on any atom is 0.307 e. The standard InChI is InChI=1S/C25H27FN2O5/c1-4-23-27-15-22(33-23)25(30)28-19(14-24(29)32-5-2)12-16-6-8-17(9-7-16)20-13-18(26)10-11-21(20)31-3/h6-11,13,15,19H,4-5,12,14H2,1-3H3,(H,28,30)/t19-/m1/s1. The molecule has 0 aliphatic rings. The van der Waals surface area contributed by atoms with Gasteiger partial charge in [0.25, 0.3) is 5.91 Å². The average molecular weight is 454 g/mol. The number of nitrogens with zero attached hydrogens (tertiary/aromatic N) is 1. The van der Waals surface area contributed by atoms with E-state index >= 15 is 0 Å². The first kappa shape index (κ1) is 24.0. The van der Waals surface area contributed by atoms with E-state index in [1.807, 2.05) is 31.2 Å². The third-order valence-corrected chi connectivity index (χ3v) is 5.04. The largest absolute Gasteiger partial charge is 0.496 e. The molecule has 0 radical (unpaired) electrons. The topological polar surface area (TPSA) is 90.7 Å². The minimum atomic E-state index is -0.513. The Morgan fingerprint density at radius 3 is 2.55 bits per heavy atom. The number of amides is 1. The van der Waals surface area contributed by atoms with E-state index in [9.17, 15) is 14.0 Å². The van der Waals surface area contributed by atoms with Gasteiger partial charge in [-0.25, -0.2) is 9.37 Å². The van der Waals surface area contributed by atoms with Gasteiger partial charge in [0.15, 0.2) is 5.89 Å². The van der Waals surface area contributed by atoms with Gasteiger partial charge in [-0.05, 0) is 42.7 Å². The minimum absolute atomic E-state index is 0.00776. The molecule has 1 aromatic heterocycles. The Bertz CT molecular complexity index is 1090. The molecule has 3 aromatic rings. The van der Waals surface area contributed by atoms with Crippen molar-refractivity contribution in [2.45, 2.75) is 39.2 Å². The Morgan fingerprint density at radius 1 is 1.15 bits per heavy atom. The van der Waals surface area contributed by atoms with Crippen molar-refractivity contribution in [1.82, 2.24) is 10.3 Å². The molecular weight excluding hydrogens is 427 g/mol. The number of oxazole rings is 1. The van der Waals surface area contributed by atoms with Crippen LogP contribution in [0.25, 0.3) is 11.1 Å². The zero-order valence-electron chi connectivity index (χ0n) is 18.9. The van der Waals surface area contributed by atoms with Crippen LogP contribution in [0.3, 0.4) is 0 Å². The number of carbonyl (C=O) groups excluding carboxylic acids is 2. The van der Waals surface area contributed by atoms with Crippen molar-refractivity contribution < 1.29 is 27.9 Å². The van der Waals surface area contributed by atoms with Gasteiger partial charge >= 0.3 is 5.97 Å². The first-order chi connectivity index (χ1) is 15.9. The molecule has 0 aliphatic carbocycles. The number of methoxy groups -OCH3 is 1. The summed E-state index contributed by atoms with van der Waals surface area (Å²) in [6.45, 7) is 3.86. The molecule has 0 saturated carbocycles. The second-order valence-electron chi connectivity index (χ2n) is 7.40. The normalized spacial score (nSPS) is 11.6. The molecule has 174 valence electrons. The van der Waals surface area contributed by atoms with Crippen molar-refractivity contribution in [3.63, 3.8) is 0 Å². The Hall–Kier alpha value is -3.68. The van der Waals surface area contributed by atoms with E-state index in [4.69, 9.17) is 13.9 Å². The van der Waals surface area contributed by atoms with Crippen LogP contribution in [0.2, 0.25) is 0 Å². The zero-order chi connectivity index (χ0) is 23.8. The van der Waals surface area contributed by atoms with Crippen LogP contribution in [0.1, 0.15) is 42.3 Å². The van der Waals surface area contributed by atoms with Crippen molar-refractivity contribution >= 4 is 11.9 Å². The lowest BCUT2D eigenvalue weighted by molar-refractivity contribution is -0.143. The summed E-state index contributed by atoms with van der Waals surface area (Å²) < 4.78 is 29.5.